The number of carbonyl (C=O) groups excluding carboxylic acids is 1. The summed E-state index contributed by atoms with van der Waals surface area (Å²) in [6.45, 7) is 1.79. The second-order valence-corrected chi connectivity index (χ2v) is 30.7. The molecule has 101 heavy (non-hydrogen) atoms. The summed E-state index contributed by atoms with van der Waals surface area (Å²) in [5.74, 6) is -0.267. The van der Waals surface area contributed by atoms with Gasteiger partial charge in [-0.25, -0.2) is 0 Å². The summed E-state index contributed by atoms with van der Waals surface area (Å²) >= 11 is 0. The molecule has 0 aromatic rings. The second kappa shape index (κ2) is 63.5. The summed E-state index contributed by atoms with van der Waals surface area (Å²) in [4.78, 5) is 13.5. The van der Waals surface area contributed by atoms with Crippen LogP contribution < -0.4 is 5.32 Å². The van der Waals surface area contributed by atoms with Gasteiger partial charge in [0, 0.05) is 6.42 Å². The number of carbonyl (C=O) groups is 1. The fraction of sp³-hybridized carbons (Fsp3) is 0.963. The van der Waals surface area contributed by atoms with Gasteiger partial charge in [-0.1, -0.05) is 360 Å². The molecule has 3 aliphatic rings. The van der Waals surface area contributed by atoms with E-state index in [1.54, 1.807) is 6.08 Å². The molecule has 17 atom stereocenters. The highest BCUT2D eigenvalue weighted by molar-refractivity contribution is 5.76. The molecule has 3 heterocycles. The van der Waals surface area contributed by atoms with Crippen molar-refractivity contribution in [2.24, 2.45) is 0 Å². The predicted molar refractivity (Wildman–Crippen MR) is 402 cm³/mol. The van der Waals surface area contributed by atoms with Crippen LogP contribution in [-0.2, 0) is 33.2 Å². The van der Waals surface area contributed by atoms with Gasteiger partial charge in [-0.2, -0.15) is 0 Å². The number of rotatable bonds is 69. The molecule has 12 N–H and O–H groups in total. The van der Waals surface area contributed by atoms with E-state index in [1.165, 1.54) is 302 Å². The Morgan fingerprint density at radius 2 is 0.614 bits per heavy atom. The Hall–Kier alpha value is -1.47. The van der Waals surface area contributed by atoms with Crippen LogP contribution in [0.1, 0.15) is 373 Å². The third kappa shape index (κ3) is 43.3. The summed E-state index contributed by atoms with van der Waals surface area (Å²) in [7, 11) is 0. The van der Waals surface area contributed by atoms with Crippen molar-refractivity contribution in [2.75, 3.05) is 26.4 Å². The van der Waals surface area contributed by atoms with Crippen molar-refractivity contribution in [3.63, 3.8) is 0 Å². The van der Waals surface area contributed by atoms with Crippen LogP contribution >= 0.6 is 0 Å². The molecule has 19 heteroatoms. The first-order chi connectivity index (χ1) is 49.3. The normalized spacial score (nSPS) is 26.3. The standard InChI is InChI=1S/C82H157NO18/c1-3-5-7-9-11-13-15-17-19-21-22-23-24-25-26-27-28-29-30-31-32-33-34-35-36-37-38-39-40-41-42-43-44-46-48-50-52-54-56-58-60-70(88)83-65(66(87)59-57-55-53-51-49-47-45-20-18-16-14-12-10-8-6-4-2)64-96-80-76(94)73(91)78(68(62-85)98-80)101-82-77(95)74(92)79(69(63-86)99-82)100-81-75(93)72(90)71(89)67(61-84)97-81/h57,59,65-69,71-82,84-87,89-95H,3-56,58,60-64H2,1-2H3,(H,83,88)/b59-57+. The van der Waals surface area contributed by atoms with E-state index in [0.717, 1.165) is 44.9 Å². The minimum absolute atomic E-state index is 0.250. The van der Waals surface area contributed by atoms with Gasteiger partial charge in [0.2, 0.25) is 5.91 Å². The van der Waals surface area contributed by atoms with Gasteiger partial charge in [0.1, 0.15) is 73.2 Å². The van der Waals surface area contributed by atoms with Gasteiger partial charge in [-0.15, -0.1) is 0 Å². The number of nitrogens with one attached hydrogen (secondary N) is 1. The molecule has 3 saturated heterocycles. The molecular weight excluding hydrogens is 1290 g/mol. The number of aliphatic hydroxyl groups is 11. The average Bonchev–Trinajstić information content (AvgIpc) is 0.780. The van der Waals surface area contributed by atoms with Crippen molar-refractivity contribution in [3.05, 3.63) is 12.2 Å². The van der Waals surface area contributed by atoms with Crippen molar-refractivity contribution in [3.8, 4) is 0 Å². The third-order valence-electron chi connectivity index (χ3n) is 21.6. The number of aliphatic hydroxyl groups excluding tert-OH is 11. The molecule has 0 saturated carbocycles. The highest BCUT2D eigenvalue weighted by atomic mass is 16.8. The van der Waals surface area contributed by atoms with Crippen molar-refractivity contribution >= 4 is 5.91 Å². The lowest BCUT2D eigenvalue weighted by molar-refractivity contribution is -0.379. The highest BCUT2D eigenvalue weighted by Crippen LogP contribution is 2.33. The molecule has 19 nitrogen and oxygen atoms in total. The zero-order valence-electron chi connectivity index (χ0n) is 64.2. The predicted octanol–water partition coefficient (Wildman–Crippen LogP) is 14.7. The summed E-state index contributed by atoms with van der Waals surface area (Å²) in [5, 5.41) is 121. The summed E-state index contributed by atoms with van der Waals surface area (Å²) in [6, 6.07) is -0.969. The van der Waals surface area contributed by atoms with Crippen LogP contribution in [0.3, 0.4) is 0 Å². The number of unbranched alkanes of at least 4 members (excludes halogenated alkanes) is 53. The maximum atomic E-state index is 13.5. The van der Waals surface area contributed by atoms with E-state index in [1.807, 2.05) is 6.08 Å². The molecule has 0 aromatic heterocycles. The minimum Gasteiger partial charge on any atom is -0.394 e. The van der Waals surface area contributed by atoms with Crippen LogP contribution in [0.25, 0.3) is 0 Å². The maximum absolute atomic E-state index is 13.5. The van der Waals surface area contributed by atoms with Gasteiger partial charge < -0.3 is 89.9 Å². The second-order valence-electron chi connectivity index (χ2n) is 30.7. The van der Waals surface area contributed by atoms with E-state index in [9.17, 15) is 61.0 Å². The zero-order valence-corrected chi connectivity index (χ0v) is 64.2. The lowest BCUT2D eigenvalue weighted by Gasteiger charge is -2.48. The molecule has 0 spiro atoms. The quantitative estimate of drug-likeness (QED) is 0.0199. The summed E-state index contributed by atoms with van der Waals surface area (Å²) < 4.78 is 34.4. The van der Waals surface area contributed by atoms with Gasteiger partial charge >= 0.3 is 0 Å². The number of hydrogen-bond donors (Lipinski definition) is 12. The highest BCUT2D eigenvalue weighted by Gasteiger charge is 2.54. The minimum atomic E-state index is -1.98. The third-order valence-corrected chi connectivity index (χ3v) is 21.6. The summed E-state index contributed by atoms with van der Waals surface area (Å²) in [5.41, 5.74) is 0. The van der Waals surface area contributed by atoms with Gasteiger partial charge in [-0.05, 0) is 19.3 Å². The van der Waals surface area contributed by atoms with E-state index in [-0.39, 0.29) is 18.9 Å². The van der Waals surface area contributed by atoms with Crippen LogP contribution in [0.15, 0.2) is 12.2 Å². The summed E-state index contributed by atoms with van der Waals surface area (Å²) in [6.07, 6.45) is 49.6. The van der Waals surface area contributed by atoms with E-state index in [0.29, 0.717) is 6.42 Å². The molecular formula is C82H157NO18. The lowest BCUT2D eigenvalue weighted by Crippen LogP contribution is -2.66. The van der Waals surface area contributed by atoms with E-state index in [4.69, 9.17) is 28.4 Å². The van der Waals surface area contributed by atoms with E-state index < -0.39 is 124 Å². The Balaban J connectivity index is 1.27. The molecule has 3 rings (SSSR count). The number of ether oxygens (including phenoxy) is 6. The molecule has 3 aliphatic heterocycles. The van der Waals surface area contributed by atoms with E-state index in [2.05, 4.69) is 19.2 Å². The molecule has 0 bridgehead atoms. The first-order valence-electron chi connectivity index (χ1n) is 42.4. The van der Waals surface area contributed by atoms with Crippen LogP contribution in [0.2, 0.25) is 0 Å². The van der Waals surface area contributed by atoms with Gasteiger partial charge in [-0.3, -0.25) is 4.79 Å². The van der Waals surface area contributed by atoms with Crippen LogP contribution in [0.4, 0.5) is 0 Å². The number of amides is 1. The first-order valence-corrected chi connectivity index (χ1v) is 42.4. The van der Waals surface area contributed by atoms with Gasteiger partial charge in [0.05, 0.1) is 38.6 Å². The smallest absolute Gasteiger partial charge is 0.220 e. The van der Waals surface area contributed by atoms with Crippen LogP contribution in [-0.4, -0.2) is 193 Å². The Bertz CT molecular complexity index is 1870. The van der Waals surface area contributed by atoms with Gasteiger partial charge in [0.25, 0.3) is 0 Å². The van der Waals surface area contributed by atoms with Crippen molar-refractivity contribution < 1.29 is 89.4 Å². The molecule has 0 aromatic carbocycles. The topological polar surface area (TPSA) is 307 Å². The Labute approximate surface area is 614 Å². The Morgan fingerprint density at radius 1 is 0.347 bits per heavy atom. The molecule has 3 fully saturated rings. The van der Waals surface area contributed by atoms with Crippen molar-refractivity contribution in [2.45, 2.75) is 478 Å². The largest absolute Gasteiger partial charge is 0.394 e. The average molecular weight is 1450 g/mol. The monoisotopic (exact) mass is 1440 g/mol. The first kappa shape index (κ1) is 93.7. The van der Waals surface area contributed by atoms with Crippen LogP contribution in [0, 0.1) is 0 Å². The van der Waals surface area contributed by atoms with Crippen molar-refractivity contribution in [1.82, 2.24) is 5.32 Å². The molecule has 1 amide bonds. The van der Waals surface area contributed by atoms with Crippen LogP contribution in [0.5, 0.6) is 0 Å². The number of hydrogen-bond acceptors (Lipinski definition) is 18. The molecule has 0 aliphatic carbocycles. The molecule has 598 valence electrons. The number of allylic oxidation sites excluding steroid dienone is 1. The molecule has 17 unspecified atom stereocenters. The Morgan fingerprint density at radius 3 is 0.931 bits per heavy atom. The Kier molecular flexibility index (Phi) is 58.9. The lowest BCUT2D eigenvalue weighted by atomic mass is 9.96. The molecule has 0 radical (unpaired) electrons. The van der Waals surface area contributed by atoms with Gasteiger partial charge in [0.15, 0.2) is 18.9 Å². The van der Waals surface area contributed by atoms with E-state index >= 15 is 0 Å². The zero-order chi connectivity index (χ0) is 73.2. The fourth-order valence-corrected chi connectivity index (χ4v) is 14.8. The maximum Gasteiger partial charge on any atom is 0.220 e. The fourth-order valence-electron chi connectivity index (χ4n) is 14.8. The SMILES string of the molecule is CCCCCCCCCCCCCCCC/C=C/C(O)C(COC1OC(CO)C(OC2OC(CO)C(OC3OC(CO)C(O)C(O)C3O)C(O)C2O)C(O)C1O)NC(=O)CCCCCCCCCCCCCCCCCCCCCCCCCCCCCCCCCCCCCCCCCC. The van der Waals surface area contributed by atoms with Crippen molar-refractivity contribution in [1.29, 1.82) is 0 Å².